The highest BCUT2D eigenvalue weighted by molar-refractivity contribution is 5.26. The van der Waals surface area contributed by atoms with Gasteiger partial charge in [0.15, 0.2) is 0 Å². The second-order valence-corrected chi connectivity index (χ2v) is 6.10. The zero-order chi connectivity index (χ0) is 14.4. The minimum Gasteiger partial charge on any atom is -0.316 e. The van der Waals surface area contributed by atoms with Crippen molar-refractivity contribution in [2.75, 3.05) is 19.6 Å². The highest BCUT2D eigenvalue weighted by Crippen LogP contribution is 2.34. The summed E-state index contributed by atoms with van der Waals surface area (Å²) in [7, 11) is 0. The molecule has 2 aromatic heterocycles. The summed E-state index contributed by atoms with van der Waals surface area (Å²) < 4.78 is 1.36. The van der Waals surface area contributed by atoms with Crippen molar-refractivity contribution in [2.24, 2.45) is 11.8 Å². The zero-order valence-corrected chi connectivity index (χ0v) is 12.1. The van der Waals surface area contributed by atoms with Crippen LogP contribution in [0.5, 0.6) is 0 Å². The number of nitrogens with one attached hydrogen (secondary N) is 2. The monoisotopic (exact) mass is 288 g/mol. The number of rotatable bonds is 3. The van der Waals surface area contributed by atoms with Gasteiger partial charge in [-0.25, -0.2) is 9.97 Å². The van der Waals surface area contributed by atoms with Crippen LogP contribution in [-0.2, 0) is 6.54 Å². The summed E-state index contributed by atoms with van der Waals surface area (Å²) in [6.45, 7) is 6.32. The van der Waals surface area contributed by atoms with Crippen molar-refractivity contribution in [3.8, 4) is 0 Å². The lowest BCUT2D eigenvalue weighted by atomic mass is 9.93. The van der Waals surface area contributed by atoms with Gasteiger partial charge in [-0.3, -0.25) is 14.8 Å². The third-order valence-corrected chi connectivity index (χ3v) is 4.93. The molecule has 0 saturated carbocycles. The number of aromatic nitrogens is 4. The minimum atomic E-state index is -0.0957. The lowest BCUT2D eigenvalue weighted by Crippen LogP contribution is -2.35. The molecule has 7 nitrogen and oxygen atoms in total. The molecule has 0 spiro atoms. The molecule has 0 aliphatic carbocycles. The molecule has 7 heteroatoms. The van der Waals surface area contributed by atoms with Gasteiger partial charge < -0.3 is 5.32 Å². The summed E-state index contributed by atoms with van der Waals surface area (Å²) in [5.41, 5.74) is 0.722. The lowest BCUT2D eigenvalue weighted by molar-refractivity contribution is 0.208. The summed E-state index contributed by atoms with van der Waals surface area (Å²) in [6.07, 6.45) is 2.64. The molecular formula is C14H20N6O. The third-order valence-electron chi connectivity index (χ3n) is 4.93. The van der Waals surface area contributed by atoms with Crippen LogP contribution in [0.1, 0.15) is 19.0 Å². The normalized spacial score (nSPS) is 29.3. The largest absolute Gasteiger partial charge is 0.316 e. The van der Waals surface area contributed by atoms with E-state index in [1.165, 1.54) is 10.8 Å². The zero-order valence-electron chi connectivity index (χ0n) is 12.1. The van der Waals surface area contributed by atoms with E-state index in [2.05, 4.69) is 32.2 Å². The summed E-state index contributed by atoms with van der Waals surface area (Å²) in [4.78, 5) is 23.1. The molecule has 3 unspecified atom stereocenters. The Hall–Kier alpha value is -1.73. The number of aromatic amines is 1. The molecule has 3 atom stereocenters. The van der Waals surface area contributed by atoms with Crippen LogP contribution >= 0.6 is 0 Å². The van der Waals surface area contributed by atoms with Gasteiger partial charge in [0, 0.05) is 25.2 Å². The Balaban J connectivity index is 1.60. The van der Waals surface area contributed by atoms with E-state index in [4.69, 9.17) is 0 Å². The molecule has 2 aromatic rings. The van der Waals surface area contributed by atoms with E-state index in [1.54, 1.807) is 6.07 Å². The Labute approximate surface area is 122 Å². The number of fused-ring (bicyclic) bond motifs is 2. The number of hydrogen-bond acceptors (Lipinski definition) is 5. The first-order valence-electron chi connectivity index (χ1n) is 7.63. The van der Waals surface area contributed by atoms with E-state index in [0.29, 0.717) is 11.8 Å². The van der Waals surface area contributed by atoms with Crippen molar-refractivity contribution >= 4 is 5.78 Å². The summed E-state index contributed by atoms with van der Waals surface area (Å²) in [5, 5.41) is 6.26. The average Bonchev–Trinajstić information content (AvgIpc) is 3.13. The van der Waals surface area contributed by atoms with E-state index in [9.17, 15) is 4.79 Å². The summed E-state index contributed by atoms with van der Waals surface area (Å²) in [5.74, 6) is 1.93. The molecule has 2 aliphatic heterocycles. The van der Waals surface area contributed by atoms with Gasteiger partial charge in [0.05, 0.1) is 5.69 Å². The summed E-state index contributed by atoms with van der Waals surface area (Å²) in [6, 6.07) is 2.20. The first-order valence-corrected chi connectivity index (χ1v) is 7.63. The van der Waals surface area contributed by atoms with Crippen molar-refractivity contribution in [1.29, 1.82) is 0 Å². The highest BCUT2D eigenvalue weighted by Gasteiger charge is 2.43. The Morgan fingerprint density at radius 3 is 3.19 bits per heavy atom. The molecule has 21 heavy (non-hydrogen) atoms. The van der Waals surface area contributed by atoms with Crippen molar-refractivity contribution in [3.63, 3.8) is 0 Å². The highest BCUT2D eigenvalue weighted by atomic mass is 16.1. The van der Waals surface area contributed by atoms with Gasteiger partial charge in [0.1, 0.15) is 6.33 Å². The number of nitrogens with zero attached hydrogens (tertiary/aromatic N) is 4. The fraction of sp³-hybridized carbons (Fsp3) is 0.643. The van der Waals surface area contributed by atoms with E-state index in [-0.39, 0.29) is 5.56 Å². The van der Waals surface area contributed by atoms with Gasteiger partial charge in [-0.2, -0.15) is 4.52 Å². The van der Waals surface area contributed by atoms with Gasteiger partial charge in [-0.1, -0.05) is 6.92 Å². The topological polar surface area (TPSA) is 78.3 Å². The van der Waals surface area contributed by atoms with Crippen LogP contribution in [0.15, 0.2) is 17.2 Å². The second kappa shape index (κ2) is 4.92. The van der Waals surface area contributed by atoms with Crippen LogP contribution in [0.2, 0.25) is 0 Å². The number of hydrogen-bond donors (Lipinski definition) is 2. The Bertz CT molecular complexity index is 707. The predicted octanol–water partition coefficient (Wildman–Crippen LogP) is -0.153. The molecule has 2 fully saturated rings. The molecule has 4 rings (SSSR count). The van der Waals surface area contributed by atoms with Crippen LogP contribution < -0.4 is 10.9 Å². The van der Waals surface area contributed by atoms with E-state index in [1.807, 2.05) is 0 Å². The SMILES string of the molecule is CCC1C2CNCC2CN1Cc1cc(=O)n2[nH]cnc2n1. The Kier molecular flexibility index (Phi) is 3.04. The molecule has 0 bridgehead atoms. The first kappa shape index (κ1) is 13.0. The molecule has 0 aromatic carbocycles. The molecule has 2 saturated heterocycles. The van der Waals surface area contributed by atoms with E-state index in [0.717, 1.165) is 50.1 Å². The lowest BCUT2D eigenvalue weighted by Gasteiger charge is -2.26. The summed E-state index contributed by atoms with van der Waals surface area (Å²) >= 11 is 0. The van der Waals surface area contributed by atoms with Gasteiger partial charge in [0.2, 0.25) is 0 Å². The van der Waals surface area contributed by atoms with Gasteiger partial charge >= 0.3 is 0 Å². The van der Waals surface area contributed by atoms with Crippen LogP contribution in [0.25, 0.3) is 5.78 Å². The molecule has 4 heterocycles. The van der Waals surface area contributed by atoms with E-state index >= 15 is 0 Å². The predicted molar refractivity (Wildman–Crippen MR) is 77.9 cm³/mol. The van der Waals surface area contributed by atoms with Crippen LogP contribution in [0.4, 0.5) is 0 Å². The molecule has 112 valence electrons. The van der Waals surface area contributed by atoms with Crippen molar-refractivity contribution in [3.05, 3.63) is 28.4 Å². The van der Waals surface area contributed by atoms with Crippen molar-refractivity contribution < 1.29 is 0 Å². The average molecular weight is 288 g/mol. The first-order chi connectivity index (χ1) is 10.3. The van der Waals surface area contributed by atoms with Crippen LogP contribution in [-0.4, -0.2) is 50.2 Å². The van der Waals surface area contributed by atoms with Gasteiger partial charge in [0.25, 0.3) is 11.3 Å². The number of likely N-dealkylation sites (tertiary alicyclic amines) is 1. The maximum absolute atomic E-state index is 12.0. The maximum atomic E-state index is 12.0. The smallest absolute Gasteiger partial charge is 0.274 e. The standard InChI is InChI=1S/C14H20N6O/c1-2-12-11-5-15-4-9(11)6-19(12)7-10-3-13(21)20-14(18-10)16-8-17-20/h3,8-9,11-12,15H,2,4-7H2,1H3,(H,16,17,18). The molecular weight excluding hydrogens is 268 g/mol. The van der Waals surface area contributed by atoms with Crippen molar-refractivity contribution in [2.45, 2.75) is 25.9 Å². The third kappa shape index (κ3) is 2.08. The van der Waals surface area contributed by atoms with Gasteiger partial charge in [-0.05, 0) is 31.3 Å². The maximum Gasteiger partial charge on any atom is 0.274 e. The van der Waals surface area contributed by atoms with E-state index < -0.39 is 0 Å². The second-order valence-electron chi connectivity index (χ2n) is 6.10. The number of H-pyrrole nitrogens is 1. The quantitative estimate of drug-likeness (QED) is 0.821. The molecule has 2 aliphatic rings. The van der Waals surface area contributed by atoms with Crippen LogP contribution in [0, 0.1) is 11.8 Å². The minimum absolute atomic E-state index is 0.0957. The van der Waals surface area contributed by atoms with Crippen molar-refractivity contribution in [1.82, 2.24) is 29.8 Å². The fourth-order valence-electron chi connectivity index (χ4n) is 4.01. The van der Waals surface area contributed by atoms with Crippen LogP contribution in [0.3, 0.4) is 0 Å². The fourth-order valence-corrected chi connectivity index (χ4v) is 4.01. The molecule has 2 N–H and O–H groups in total. The molecule has 0 amide bonds. The van der Waals surface area contributed by atoms with Gasteiger partial charge in [-0.15, -0.1) is 0 Å². The molecule has 0 radical (unpaired) electrons. The Morgan fingerprint density at radius 1 is 1.43 bits per heavy atom. The Morgan fingerprint density at radius 2 is 2.33 bits per heavy atom.